The van der Waals surface area contributed by atoms with E-state index in [0.29, 0.717) is 39.1 Å². The van der Waals surface area contributed by atoms with Gasteiger partial charge in [0, 0.05) is 19.8 Å². The van der Waals surface area contributed by atoms with Crippen LogP contribution in [0.4, 0.5) is 0 Å². The summed E-state index contributed by atoms with van der Waals surface area (Å²) >= 11 is 0. The second kappa shape index (κ2) is 57.4. The molecule has 0 bridgehead atoms. The van der Waals surface area contributed by atoms with Gasteiger partial charge in [-0.3, -0.25) is 18.9 Å². The minimum atomic E-state index is -5.42. The maximum atomic E-state index is 14.6. The van der Waals surface area contributed by atoms with E-state index < -0.39 is 99.8 Å². The molecule has 2 unspecified atom stereocenters. The molecular weight excluding hydrogens is 1140 g/mol. The Balaban J connectivity index is 3.66. The van der Waals surface area contributed by atoms with Crippen LogP contribution in [0.15, 0.2) is 0 Å². The molecule has 1 fully saturated rings. The highest BCUT2D eigenvalue weighted by molar-refractivity contribution is 7.46. The number of phosphoric ester groups is 1. The van der Waals surface area contributed by atoms with Crippen LogP contribution in [0.3, 0.4) is 0 Å². The molecule has 1 aliphatic rings. The first-order valence-corrected chi connectivity index (χ1v) is 37.7. The second-order valence-corrected chi connectivity index (χ2v) is 26.4. The number of aliphatic hydroxyl groups excluding tert-OH is 1. The number of hydrogen-bond donors (Lipinski definition) is 6. The lowest BCUT2D eigenvalue weighted by molar-refractivity contribution is -0.272. The predicted molar refractivity (Wildman–Crippen MR) is 351 cm³/mol. The first-order valence-electron chi connectivity index (χ1n) is 36.1. The predicted octanol–water partition coefficient (Wildman–Crippen LogP) is 16.0. The molecule has 1 saturated heterocycles. The average molecular weight is 1280 g/mol. The van der Waals surface area contributed by atoms with Crippen LogP contribution in [-0.4, -0.2) is 132 Å². The number of nitrogens with one attached hydrogen (secondary N) is 2. The van der Waals surface area contributed by atoms with Crippen molar-refractivity contribution in [2.75, 3.05) is 33.0 Å². The Hall–Kier alpha value is -2.25. The number of ether oxygens (including phenoxy) is 6. The van der Waals surface area contributed by atoms with Gasteiger partial charge in [-0.25, -0.2) is 9.36 Å². The number of aliphatic carboxylic acids is 1. The van der Waals surface area contributed by atoms with Gasteiger partial charge in [0.15, 0.2) is 18.4 Å². The van der Waals surface area contributed by atoms with Crippen LogP contribution in [0.1, 0.15) is 330 Å². The van der Waals surface area contributed by atoms with Gasteiger partial charge in [-0.05, 0) is 38.5 Å². The average Bonchev–Trinajstić information content (AvgIpc) is 3.07. The number of carbonyl (C=O) groups excluding carboxylic acids is 3. The van der Waals surface area contributed by atoms with Gasteiger partial charge >= 0.3 is 19.8 Å². The molecule has 0 saturated carbocycles. The van der Waals surface area contributed by atoms with Crippen molar-refractivity contribution in [2.24, 2.45) is 0 Å². The number of carboxylic acids is 1. The van der Waals surface area contributed by atoms with E-state index >= 15 is 0 Å². The molecule has 1 rings (SSSR count). The number of aliphatic hydroxyl groups is 1. The number of amides is 2. The summed E-state index contributed by atoms with van der Waals surface area (Å²) in [5.74, 6) is -3.38. The lowest BCUT2D eigenvalue weighted by Crippen LogP contribution is -2.66. The Morgan fingerprint density at radius 1 is 0.466 bits per heavy atom. The highest BCUT2D eigenvalue weighted by atomic mass is 31.2. The second-order valence-electron chi connectivity index (χ2n) is 25.2. The van der Waals surface area contributed by atoms with Crippen LogP contribution < -0.4 is 10.6 Å². The van der Waals surface area contributed by atoms with Gasteiger partial charge in [0.1, 0.15) is 18.2 Å². The number of hydrogen-bond acceptors (Lipinski definition) is 13. The molecule has 0 spiro atoms. The summed E-state index contributed by atoms with van der Waals surface area (Å²) in [5.41, 5.74) is 0. The van der Waals surface area contributed by atoms with Crippen LogP contribution in [-0.2, 0) is 56.7 Å². The Morgan fingerprint density at radius 3 is 1.16 bits per heavy atom. The molecular formula is C69H133N2O16P. The monoisotopic (exact) mass is 1280 g/mol. The topological polar surface area (TPSA) is 255 Å². The zero-order valence-electron chi connectivity index (χ0n) is 56.7. The molecule has 520 valence electrons. The number of rotatable bonds is 64. The first kappa shape index (κ1) is 83.8. The van der Waals surface area contributed by atoms with Crippen LogP contribution in [0.5, 0.6) is 0 Å². The SMILES string of the molecule is CCCCCCCCCCC[C@H](CC(=O)NC1[C@H](OC[C@H](NC(=O)C[C@@H](CCCCCCCCCCC)OCCCCCC)C(=O)O)OC(CO)[C@@H](OP(=O)(O)O)[C@@H]1OC(=O)C[C@@H](CCCCCCCCCCC)OCCCCCC)OCCCCCC. The van der Waals surface area contributed by atoms with Gasteiger partial charge in [-0.2, -0.15) is 0 Å². The molecule has 0 aliphatic carbocycles. The highest BCUT2D eigenvalue weighted by Gasteiger charge is 2.52. The third kappa shape index (κ3) is 45.9. The largest absolute Gasteiger partial charge is 0.480 e. The zero-order valence-corrected chi connectivity index (χ0v) is 57.6. The summed E-state index contributed by atoms with van der Waals surface area (Å²) in [6, 6.07) is -3.22. The van der Waals surface area contributed by atoms with Gasteiger partial charge in [-0.1, -0.05) is 273 Å². The van der Waals surface area contributed by atoms with Gasteiger partial charge in [-0.15, -0.1) is 0 Å². The third-order valence-electron chi connectivity index (χ3n) is 16.9. The van der Waals surface area contributed by atoms with E-state index in [9.17, 15) is 43.7 Å². The van der Waals surface area contributed by atoms with Gasteiger partial charge in [0.2, 0.25) is 11.8 Å². The van der Waals surface area contributed by atoms with Crippen molar-refractivity contribution in [3.63, 3.8) is 0 Å². The minimum Gasteiger partial charge on any atom is -0.480 e. The van der Waals surface area contributed by atoms with E-state index in [-0.39, 0.29) is 19.3 Å². The molecule has 1 heterocycles. The number of phosphoric acid groups is 1. The van der Waals surface area contributed by atoms with E-state index in [1.807, 2.05) is 0 Å². The molecule has 19 heteroatoms. The molecule has 1 aliphatic heterocycles. The minimum absolute atomic E-state index is 0.0807. The number of carbonyl (C=O) groups is 4. The van der Waals surface area contributed by atoms with E-state index in [1.165, 1.54) is 96.3 Å². The molecule has 18 nitrogen and oxygen atoms in total. The van der Waals surface area contributed by atoms with E-state index in [2.05, 4.69) is 52.2 Å². The summed E-state index contributed by atoms with van der Waals surface area (Å²) < 4.78 is 55.8. The van der Waals surface area contributed by atoms with E-state index in [4.69, 9.17) is 32.9 Å². The molecule has 9 atom stereocenters. The standard InChI is InChI=1S/C69H133N2O16P/c1-7-13-19-25-28-31-34-37-40-46-57(81-49-43-22-16-10-4)52-62(73)70-60(68(76)77)56-84-69-65(71-63(74)53-58(82-50-44-23-17-11-5)47-41-38-35-32-29-26-20-14-8-2)67(66(61(55-72)85-69)87-88(78,79)80)86-64(75)54-59(83-51-45-24-18-12-6)48-42-39-36-33-30-27-21-15-9-3/h57-61,65-67,69,72H,7-56H2,1-6H3,(H,70,73)(H,71,74)(H,76,77)(H2,78,79,80)/t57-,58-,59-,60+,61?,65?,66-,67-,69-/m1/s1. The molecule has 0 radical (unpaired) electrons. The van der Waals surface area contributed by atoms with Crippen molar-refractivity contribution < 1.29 is 76.7 Å². The molecule has 88 heavy (non-hydrogen) atoms. The van der Waals surface area contributed by atoms with Gasteiger partial charge < -0.3 is 59.1 Å². The van der Waals surface area contributed by atoms with Crippen molar-refractivity contribution in [1.82, 2.24) is 10.6 Å². The maximum absolute atomic E-state index is 14.6. The smallest absolute Gasteiger partial charge is 0.470 e. The van der Waals surface area contributed by atoms with E-state index in [1.54, 1.807) is 0 Å². The number of esters is 1. The maximum Gasteiger partial charge on any atom is 0.470 e. The van der Waals surface area contributed by atoms with Crippen molar-refractivity contribution >= 4 is 31.6 Å². The number of carboxylic acid groups (broad SMARTS) is 1. The molecule has 0 aromatic carbocycles. The van der Waals surface area contributed by atoms with Gasteiger partial charge in [0.25, 0.3) is 0 Å². The summed E-state index contributed by atoms with van der Waals surface area (Å²) in [7, 11) is -5.42. The van der Waals surface area contributed by atoms with Gasteiger partial charge in [0.05, 0.1) is 50.8 Å². The first-order chi connectivity index (χ1) is 42.7. The Kier molecular flexibility index (Phi) is 54.7. The van der Waals surface area contributed by atoms with E-state index in [0.717, 1.165) is 154 Å². The zero-order chi connectivity index (χ0) is 64.7. The highest BCUT2D eigenvalue weighted by Crippen LogP contribution is 2.42. The lowest BCUT2D eigenvalue weighted by Gasteiger charge is -2.45. The fourth-order valence-corrected chi connectivity index (χ4v) is 12.1. The Labute approximate surface area is 535 Å². The Bertz CT molecular complexity index is 1710. The molecule has 6 N–H and O–H groups in total. The van der Waals surface area contributed by atoms with Crippen molar-refractivity contribution in [3.05, 3.63) is 0 Å². The molecule has 0 aromatic rings. The third-order valence-corrected chi connectivity index (χ3v) is 17.4. The normalized spacial score (nSPS) is 18.4. The summed E-state index contributed by atoms with van der Waals surface area (Å²) in [6.45, 7) is 12.7. The van der Waals surface area contributed by atoms with Crippen molar-refractivity contribution in [2.45, 2.75) is 385 Å². The van der Waals surface area contributed by atoms with Crippen LogP contribution in [0.25, 0.3) is 0 Å². The fraction of sp³-hybridized carbons (Fsp3) is 0.942. The fourth-order valence-electron chi connectivity index (χ4n) is 11.6. The van der Waals surface area contributed by atoms with Crippen molar-refractivity contribution in [1.29, 1.82) is 0 Å². The molecule has 0 aromatic heterocycles. The summed E-state index contributed by atoms with van der Waals surface area (Å²) in [5, 5.41) is 26.9. The van der Waals surface area contributed by atoms with Crippen molar-refractivity contribution in [3.8, 4) is 0 Å². The van der Waals surface area contributed by atoms with Crippen LogP contribution >= 0.6 is 7.82 Å². The lowest BCUT2D eigenvalue weighted by atomic mass is 9.95. The summed E-state index contributed by atoms with van der Waals surface area (Å²) in [6.07, 6.45) is 35.0. The van der Waals surface area contributed by atoms with Crippen LogP contribution in [0.2, 0.25) is 0 Å². The summed E-state index contributed by atoms with van der Waals surface area (Å²) in [4.78, 5) is 76.6. The quantitative estimate of drug-likeness (QED) is 0.0188. The molecule has 2 amide bonds. The Morgan fingerprint density at radius 2 is 0.807 bits per heavy atom. The van der Waals surface area contributed by atoms with Crippen LogP contribution in [0, 0.1) is 0 Å². The number of unbranched alkanes of at least 4 members (excludes halogenated alkanes) is 33.